The van der Waals surface area contributed by atoms with E-state index >= 15 is 0 Å². The van der Waals surface area contributed by atoms with Gasteiger partial charge in [-0.25, -0.2) is 4.39 Å². The van der Waals surface area contributed by atoms with E-state index in [4.69, 9.17) is 16.9 Å². The van der Waals surface area contributed by atoms with Crippen molar-refractivity contribution in [1.29, 1.82) is 5.26 Å². The van der Waals surface area contributed by atoms with E-state index in [1.54, 1.807) is 6.07 Å². The van der Waals surface area contributed by atoms with Gasteiger partial charge in [-0.1, -0.05) is 11.6 Å². The highest BCUT2D eigenvalue weighted by atomic mass is 35.5. The Bertz CT molecular complexity index is 743. The largest absolute Gasteiger partial charge is 0.380 e. The lowest BCUT2D eigenvalue weighted by Gasteiger charge is -2.09. The Kier molecular flexibility index (Phi) is 4.36. The molecular formula is C14H9ClFN3O2. The van der Waals surface area contributed by atoms with Crippen molar-refractivity contribution in [3.63, 3.8) is 0 Å². The number of benzene rings is 2. The minimum absolute atomic E-state index is 0.00307. The van der Waals surface area contributed by atoms with E-state index in [0.717, 1.165) is 18.2 Å². The molecule has 0 amide bonds. The monoisotopic (exact) mass is 305 g/mol. The Morgan fingerprint density at radius 2 is 2.10 bits per heavy atom. The molecule has 0 aliphatic heterocycles. The van der Waals surface area contributed by atoms with Crippen LogP contribution in [0.2, 0.25) is 5.02 Å². The van der Waals surface area contributed by atoms with Crippen LogP contribution in [0.25, 0.3) is 0 Å². The minimum atomic E-state index is -0.584. The molecule has 21 heavy (non-hydrogen) atoms. The molecule has 0 aromatic heterocycles. The fraction of sp³-hybridized carbons (Fsp3) is 0.0714. The summed E-state index contributed by atoms with van der Waals surface area (Å²) in [6.07, 6.45) is 0. The summed E-state index contributed by atoms with van der Waals surface area (Å²) in [7, 11) is 0. The molecule has 0 fully saturated rings. The number of hydrogen-bond donors (Lipinski definition) is 1. The number of nitrogens with one attached hydrogen (secondary N) is 1. The van der Waals surface area contributed by atoms with Crippen LogP contribution >= 0.6 is 11.6 Å². The van der Waals surface area contributed by atoms with Crippen LogP contribution in [0.4, 0.5) is 15.8 Å². The first kappa shape index (κ1) is 14.8. The van der Waals surface area contributed by atoms with E-state index in [2.05, 4.69) is 5.32 Å². The van der Waals surface area contributed by atoms with Crippen molar-refractivity contribution in [1.82, 2.24) is 0 Å². The lowest BCUT2D eigenvalue weighted by Crippen LogP contribution is -2.05. The molecule has 106 valence electrons. The maximum Gasteiger partial charge on any atom is 0.274 e. The molecule has 2 aromatic rings. The molecule has 0 atom stereocenters. The third-order valence-electron chi connectivity index (χ3n) is 2.81. The van der Waals surface area contributed by atoms with Crippen LogP contribution < -0.4 is 5.32 Å². The van der Waals surface area contributed by atoms with E-state index in [0.29, 0.717) is 16.3 Å². The maximum absolute atomic E-state index is 13.2. The summed E-state index contributed by atoms with van der Waals surface area (Å²) in [6.45, 7) is 0.00307. The normalized spacial score (nSPS) is 9.95. The lowest BCUT2D eigenvalue weighted by molar-refractivity contribution is -0.385. The molecule has 0 heterocycles. The number of halogens is 2. The molecule has 0 saturated carbocycles. The van der Waals surface area contributed by atoms with Crippen LogP contribution in [-0.2, 0) is 6.54 Å². The van der Waals surface area contributed by atoms with Crippen LogP contribution in [0.5, 0.6) is 0 Å². The van der Waals surface area contributed by atoms with Gasteiger partial charge in [-0.2, -0.15) is 5.26 Å². The molecule has 2 rings (SSSR count). The van der Waals surface area contributed by atoms with Gasteiger partial charge in [0.05, 0.1) is 21.7 Å². The smallest absolute Gasteiger partial charge is 0.274 e. The zero-order valence-corrected chi connectivity index (χ0v) is 11.4. The maximum atomic E-state index is 13.2. The van der Waals surface area contributed by atoms with Crippen LogP contribution in [0.3, 0.4) is 0 Å². The summed E-state index contributed by atoms with van der Waals surface area (Å²) in [5.74, 6) is -0.566. The SMILES string of the molecule is N#Cc1ccc(Cl)cc1NCc1cc(F)ccc1[N+](=O)[O-]. The molecule has 2 aromatic carbocycles. The van der Waals surface area contributed by atoms with Gasteiger partial charge in [0, 0.05) is 17.6 Å². The van der Waals surface area contributed by atoms with Gasteiger partial charge < -0.3 is 5.32 Å². The van der Waals surface area contributed by atoms with Gasteiger partial charge in [0.1, 0.15) is 11.9 Å². The number of nitro groups is 1. The third-order valence-corrected chi connectivity index (χ3v) is 3.04. The molecule has 0 bridgehead atoms. The molecule has 7 heteroatoms. The predicted octanol–water partition coefficient (Wildman–Crippen LogP) is 3.87. The Morgan fingerprint density at radius 1 is 1.33 bits per heavy atom. The minimum Gasteiger partial charge on any atom is -0.380 e. The molecule has 1 N–H and O–H groups in total. The van der Waals surface area contributed by atoms with Gasteiger partial charge in [0.25, 0.3) is 5.69 Å². The number of hydrogen-bond acceptors (Lipinski definition) is 4. The van der Waals surface area contributed by atoms with Crippen molar-refractivity contribution in [2.45, 2.75) is 6.54 Å². The Labute approximate surface area is 124 Å². The first-order valence-corrected chi connectivity index (χ1v) is 6.25. The van der Waals surface area contributed by atoms with Crippen molar-refractivity contribution < 1.29 is 9.31 Å². The highest BCUT2D eigenvalue weighted by Crippen LogP contribution is 2.24. The average Bonchev–Trinajstić information content (AvgIpc) is 2.45. The Morgan fingerprint density at radius 3 is 2.76 bits per heavy atom. The zero-order valence-electron chi connectivity index (χ0n) is 10.6. The highest BCUT2D eigenvalue weighted by Gasteiger charge is 2.14. The van der Waals surface area contributed by atoms with E-state index < -0.39 is 10.7 Å². The van der Waals surface area contributed by atoms with Crippen LogP contribution in [0, 0.1) is 27.3 Å². The number of nitro benzene ring substituents is 1. The van der Waals surface area contributed by atoms with Crippen LogP contribution in [0.15, 0.2) is 36.4 Å². The first-order valence-electron chi connectivity index (χ1n) is 5.87. The predicted molar refractivity (Wildman–Crippen MR) is 76.5 cm³/mol. The van der Waals surface area contributed by atoms with Crippen molar-refractivity contribution in [2.24, 2.45) is 0 Å². The molecule has 0 radical (unpaired) electrons. The fourth-order valence-corrected chi connectivity index (χ4v) is 2.00. The van der Waals surface area contributed by atoms with Gasteiger partial charge in [-0.3, -0.25) is 10.1 Å². The second kappa shape index (κ2) is 6.20. The average molecular weight is 306 g/mol. The standard InChI is InChI=1S/C14H9ClFN3O2/c15-11-2-1-9(7-17)13(6-11)18-8-10-5-12(16)3-4-14(10)19(20)21/h1-6,18H,8H2. The summed E-state index contributed by atoms with van der Waals surface area (Å²) in [5, 5.41) is 23.2. The molecule has 0 aliphatic carbocycles. The Balaban J connectivity index is 2.29. The molecular weight excluding hydrogens is 297 g/mol. The molecule has 5 nitrogen and oxygen atoms in total. The van der Waals surface area contributed by atoms with Crippen molar-refractivity contribution in [2.75, 3.05) is 5.32 Å². The first-order chi connectivity index (χ1) is 10.0. The van der Waals surface area contributed by atoms with Gasteiger partial charge in [-0.15, -0.1) is 0 Å². The van der Waals surface area contributed by atoms with E-state index in [-0.39, 0.29) is 17.8 Å². The third kappa shape index (κ3) is 3.46. The van der Waals surface area contributed by atoms with E-state index in [1.807, 2.05) is 6.07 Å². The highest BCUT2D eigenvalue weighted by molar-refractivity contribution is 6.30. The molecule has 0 unspecified atom stereocenters. The summed E-state index contributed by atoms with van der Waals surface area (Å²) >= 11 is 5.84. The van der Waals surface area contributed by atoms with E-state index in [1.165, 1.54) is 12.1 Å². The second-order valence-electron chi connectivity index (χ2n) is 4.19. The fourth-order valence-electron chi connectivity index (χ4n) is 1.82. The number of anilines is 1. The van der Waals surface area contributed by atoms with Gasteiger partial charge >= 0.3 is 0 Å². The van der Waals surface area contributed by atoms with Crippen molar-refractivity contribution in [3.05, 3.63) is 68.5 Å². The quantitative estimate of drug-likeness (QED) is 0.687. The molecule has 0 aliphatic rings. The summed E-state index contributed by atoms with van der Waals surface area (Å²) in [5.41, 5.74) is 0.773. The van der Waals surface area contributed by atoms with E-state index in [9.17, 15) is 14.5 Å². The zero-order chi connectivity index (χ0) is 15.4. The summed E-state index contributed by atoms with van der Waals surface area (Å²) in [6, 6.07) is 9.83. The topological polar surface area (TPSA) is 79.0 Å². The van der Waals surface area contributed by atoms with Gasteiger partial charge in [0.15, 0.2) is 0 Å². The Hall–Kier alpha value is -2.65. The van der Waals surface area contributed by atoms with Gasteiger partial charge in [-0.05, 0) is 30.3 Å². The molecule has 0 spiro atoms. The van der Waals surface area contributed by atoms with Crippen LogP contribution in [0.1, 0.15) is 11.1 Å². The summed E-state index contributed by atoms with van der Waals surface area (Å²) in [4.78, 5) is 10.3. The second-order valence-corrected chi connectivity index (χ2v) is 4.62. The van der Waals surface area contributed by atoms with Crippen LogP contribution in [-0.4, -0.2) is 4.92 Å². The van der Waals surface area contributed by atoms with Crippen molar-refractivity contribution >= 4 is 23.0 Å². The number of nitriles is 1. The molecule has 0 saturated heterocycles. The van der Waals surface area contributed by atoms with Gasteiger partial charge in [0.2, 0.25) is 0 Å². The number of nitrogens with zero attached hydrogens (tertiary/aromatic N) is 2. The van der Waals surface area contributed by atoms with Crippen molar-refractivity contribution in [3.8, 4) is 6.07 Å². The number of rotatable bonds is 4. The lowest BCUT2D eigenvalue weighted by atomic mass is 10.1. The summed E-state index contributed by atoms with van der Waals surface area (Å²) < 4.78 is 13.2.